The summed E-state index contributed by atoms with van der Waals surface area (Å²) in [6.45, 7) is 5.74. The monoisotopic (exact) mass is 540 g/mol. The summed E-state index contributed by atoms with van der Waals surface area (Å²) in [6.07, 6.45) is 14.4. The number of esters is 1. The number of allylic oxidation sites excluding steroid dienone is 1. The molecule has 0 spiro atoms. The Kier molecular flexibility index (Phi) is 13.3. The Morgan fingerprint density at radius 1 is 0.625 bits per heavy atom. The Morgan fingerprint density at radius 3 is 1.82 bits per heavy atom. The van der Waals surface area contributed by atoms with E-state index in [0.29, 0.717) is 17.9 Å². The van der Waals surface area contributed by atoms with Gasteiger partial charge in [-0.2, -0.15) is 0 Å². The number of unbranched alkanes of at least 4 members (excludes halogenated alkanes) is 5. The lowest BCUT2D eigenvalue weighted by Crippen LogP contribution is -2.04. The summed E-state index contributed by atoms with van der Waals surface area (Å²) in [5.41, 5.74) is 2.19. The van der Waals surface area contributed by atoms with Crippen molar-refractivity contribution in [2.45, 2.75) is 58.8 Å². The molecule has 0 N–H and O–H groups in total. The van der Waals surface area contributed by atoms with Crippen LogP contribution in [0.5, 0.6) is 17.2 Å². The number of benzene rings is 3. The maximum Gasteiger partial charge on any atom is 0.336 e. The Labute approximate surface area is 238 Å². The third kappa shape index (κ3) is 11.3. The number of hydrogen-bond donors (Lipinski definition) is 0. The fourth-order valence-corrected chi connectivity index (χ4v) is 3.88. The summed E-state index contributed by atoms with van der Waals surface area (Å²) in [5, 5.41) is 0. The first-order chi connectivity index (χ1) is 19.6. The predicted molar refractivity (Wildman–Crippen MR) is 162 cm³/mol. The van der Waals surface area contributed by atoms with Gasteiger partial charge in [-0.3, -0.25) is 4.79 Å². The molecule has 5 nitrogen and oxygen atoms in total. The van der Waals surface area contributed by atoms with Gasteiger partial charge in [0.1, 0.15) is 17.2 Å². The van der Waals surface area contributed by atoms with E-state index >= 15 is 0 Å². The van der Waals surface area contributed by atoms with Crippen molar-refractivity contribution < 1.29 is 23.8 Å². The molecule has 0 fully saturated rings. The van der Waals surface area contributed by atoms with Crippen molar-refractivity contribution in [2.24, 2.45) is 0 Å². The average Bonchev–Trinajstić information content (AvgIpc) is 2.98. The predicted octanol–water partition coefficient (Wildman–Crippen LogP) is 8.73. The fourth-order valence-electron chi connectivity index (χ4n) is 3.88. The van der Waals surface area contributed by atoms with E-state index < -0.39 is 5.97 Å². The van der Waals surface area contributed by atoms with E-state index in [-0.39, 0.29) is 5.78 Å². The van der Waals surface area contributed by atoms with Gasteiger partial charge in [0.05, 0.1) is 13.2 Å². The van der Waals surface area contributed by atoms with E-state index in [2.05, 4.69) is 13.8 Å². The maximum absolute atomic E-state index is 12.7. The normalized spacial score (nSPS) is 11.2. The maximum atomic E-state index is 12.7. The second kappa shape index (κ2) is 17.5. The molecule has 0 amide bonds. The smallest absolute Gasteiger partial charge is 0.336 e. The minimum Gasteiger partial charge on any atom is -0.494 e. The van der Waals surface area contributed by atoms with Crippen LogP contribution >= 0.6 is 0 Å². The van der Waals surface area contributed by atoms with E-state index in [1.165, 1.54) is 37.8 Å². The lowest BCUT2D eigenvalue weighted by molar-refractivity contribution is -0.128. The zero-order valence-electron chi connectivity index (χ0n) is 23.6. The van der Waals surface area contributed by atoms with E-state index in [4.69, 9.17) is 14.2 Å². The molecule has 0 heterocycles. The lowest BCUT2D eigenvalue weighted by Gasteiger charge is -2.06. The number of carbonyl (C=O) groups is 2. The summed E-state index contributed by atoms with van der Waals surface area (Å²) < 4.78 is 16.9. The topological polar surface area (TPSA) is 61.8 Å². The van der Waals surface area contributed by atoms with E-state index in [1.807, 2.05) is 48.5 Å². The van der Waals surface area contributed by atoms with E-state index in [1.54, 1.807) is 36.4 Å². The quantitative estimate of drug-likeness (QED) is 0.0563. The zero-order chi connectivity index (χ0) is 28.4. The van der Waals surface area contributed by atoms with Crippen LogP contribution in [0.25, 0.3) is 12.2 Å². The Bertz CT molecular complexity index is 1240. The molecule has 0 aliphatic carbocycles. The van der Waals surface area contributed by atoms with Gasteiger partial charge < -0.3 is 14.2 Å². The third-order valence-corrected chi connectivity index (χ3v) is 6.22. The van der Waals surface area contributed by atoms with Crippen molar-refractivity contribution in [3.05, 3.63) is 102 Å². The van der Waals surface area contributed by atoms with Crippen LogP contribution in [0, 0.1) is 0 Å². The molecule has 0 atom stereocenters. The van der Waals surface area contributed by atoms with Crippen LogP contribution < -0.4 is 14.2 Å². The highest BCUT2D eigenvalue weighted by atomic mass is 16.5. The molecule has 3 aromatic carbocycles. The van der Waals surface area contributed by atoms with Gasteiger partial charge in [0, 0.05) is 11.6 Å². The van der Waals surface area contributed by atoms with Crippen molar-refractivity contribution in [3.8, 4) is 17.2 Å². The molecule has 40 heavy (non-hydrogen) atoms. The Balaban J connectivity index is 1.47. The van der Waals surface area contributed by atoms with Crippen molar-refractivity contribution in [1.82, 2.24) is 0 Å². The Morgan fingerprint density at radius 2 is 1.20 bits per heavy atom. The first-order valence-corrected chi connectivity index (χ1v) is 14.3. The van der Waals surface area contributed by atoms with Gasteiger partial charge >= 0.3 is 5.97 Å². The van der Waals surface area contributed by atoms with Crippen LogP contribution in [0.1, 0.15) is 80.3 Å². The zero-order valence-corrected chi connectivity index (χ0v) is 23.6. The first kappa shape index (κ1) is 30.4. The van der Waals surface area contributed by atoms with Gasteiger partial charge in [0.15, 0.2) is 5.78 Å². The van der Waals surface area contributed by atoms with Gasteiger partial charge in [-0.25, -0.2) is 4.79 Å². The van der Waals surface area contributed by atoms with E-state index in [9.17, 15) is 9.59 Å². The van der Waals surface area contributed by atoms with Crippen LogP contribution in [0.4, 0.5) is 0 Å². The molecule has 0 aliphatic rings. The molecule has 0 aliphatic heterocycles. The van der Waals surface area contributed by atoms with Gasteiger partial charge in [-0.05, 0) is 72.5 Å². The molecule has 0 saturated heterocycles. The molecular formula is C35H40O5. The molecule has 0 bridgehead atoms. The second-order valence-electron chi connectivity index (χ2n) is 9.58. The lowest BCUT2D eigenvalue weighted by atomic mass is 10.1. The van der Waals surface area contributed by atoms with Crippen molar-refractivity contribution in [2.75, 3.05) is 13.2 Å². The molecule has 0 unspecified atom stereocenters. The molecule has 0 radical (unpaired) electrons. The van der Waals surface area contributed by atoms with Crippen LogP contribution in [-0.2, 0) is 4.79 Å². The van der Waals surface area contributed by atoms with Gasteiger partial charge in [0.25, 0.3) is 0 Å². The van der Waals surface area contributed by atoms with Crippen LogP contribution in [0.3, 0.4) is 0 Å². The molecule has 0 saturated carbocycles. The third-order valence-electron chi connectivity index (χ3n) is 6.22. The minimum absolute atomic E-state index is 0.179. The highest BCUT2D eigenvalue weighted by Gasteiger charge is 2.06. The summed E-state index contributed by atoms with van der Waals surface area (Å²) in [7, 11) is 0. The number of rotatable bonds is 17. The molecular weight excluding hydrogens is 500 g/mol. The van der Waals surface area contributed by atoms with E-state index in [0.717, 1.165) is 48.5 Å². The molecule has 5 heteroatoms. The van der Waals surface area contributed by atoms with Crippen LogP contribution in [0.2, 0.25) is 0 Å². The number of carbonyl (C=O) groups excluding carboxylic acids is 2. The standard InChI is InChI=1S/C35H40O5/c1-3-5-7-8-9-26-39-32-19-13-28(14-20-32)17-23-34(36)30-11-10-12-33(27-30)40-35(37)24-18-29-15-21-31(22-16-29)38-25-6-4-2/h10-24,27H,3-9,25-26H2,1-2H3/b23-17+,24-18+. The van der Waals surface area contributed by atoms with Gasteiger partial charge in [-0.1, -0.05) is 88.4 Å². The molecule has 0 aromatic heterocycles. The summed E-state index contributed by atoms with van der Waals surface area (Å²) >= 11 is 0. The van der Waals surface area contributed by atoms with Crippen LogP contribution in [-0.4, -0.2) is 25.0 Å². The summed E-state index contributed by atoms with van der Waals surface area (Å²) in [4.78, 5) is 25.0. The van der Waals surface area contributed by atoms with Crippen molar-refractivity contribution >= 4 is 23.9 Å². The number of ether oxygens (including phenoxy) is 3. The number of ketones is 1. The van der Waals surface area contributed by atoms with Crippen LogP contribution in [0.15, 0.2) is 84.9 Å². The first-order valence-electron chi connectivity index (χ1n) is 14.3. The van der Waals surface area contributed by atoms with Crippen molar-refractivity contribution in [3.63, 3.8) is 0 Å². The SMILES string of the molecule is CCCCCCCOc1ccc(/C=C/C(=O)c2cccc(OC(=O)/C=C/c3ccc(OCCCC)cc3)c2)cc1. The van der Waals surface area contributed by atoms with Gasteiger partial charge in [-0.15, -0.1) is 0 Å². The summed E-state index contributed by atoms with van der Waals surface area (Å²) in [5.74, 6) is 1.24. The fraction of sp³-hybridized carbons (Fsp3) is 0.314. The molecule has 210 valence electrons. The van der Waals surface area contributed by atoms with Crippen molar-refractivity contribution in [1.29, 1.82) is 0 Å². The minimum atomic E-state index is -0.522. The highest BCUT2D eigenvalue weighted by molar-refractivity contribution is 6.07. The number of hydrogen-bond acceptors (Lipinski definition) is 5. The average molecular weight is 541 g/mol. The second-order valence-corrected chi connectivity index (χ2v) is 9.58. The molecule has 3 aromatic rings. The largest absolute Gasteiger partial charge is 0.494 e. The van der Waals surface area contributed by atoms with Gasteiger partial charge in [0.2, 0.25) is 0 Å². The summed E-state index contributed by atoms with van der Waals surface area (Å²) in [6, 6.07) is 21.8. The molecule has 3 rings (SSSR count). The highest BCUT2D eigenvalue weighted by Crippen LogP contribution is 2.18. The Hall–Kier alpha value is -4.12.